The quantitative estimate of drug-likeness (QED) is 0.622. The minimum atomic E-state index is -4.03. The number of sulfonamides is 1. The SMILES string of the molecule is C[C@H](C(=O)NC(C)(C)C)N(Cc1cccc(Cl)c1)C(=O)CCN1C(=O)c2ccccc2S1(=O)=O. The zero-order valence-electron chi connectivity index (χ0n) is 19.5. The normalized spacial score (nSPS) is 15.6. The van der Waals surface area contributed by atoms with Gasteiger partial charge in [-0.3, -0.25) is 14.4 Å². The summed E-state index contributed by atoms with van der Waals surface area (Å²) in [5.41, 5.74) is 0.301. The number of fused-ring (bicyclic) bond motifs is 1. The monoisotopic (exact) mass is 505 g/mol. The fourth-order valence-electron chi connectivity index (χ4n) is 3.68. The van der Waals surface area contributed by atoms with Crippen molar-refractivity contribution in [3.05, 3.63) is 64.7 Å². The molecule has 1 N–H and O–H groups in total. The first-order valence-electron chi connectivity index (χ1n) is 10.8. The molecule has 1 atom stereocenters. The number of hydrogen-bond acceptors (Lipinski definition) is 5. The van der Waals surface area contributed by atoms with Crippen molar-refractivity contribution in [3.63, 3.8) is 0 Å². The number of halogens is 1. The molecule has 2 aromatic rings. The van der Waals surface area contributed by atoms with Crippen LogP contribution < -0.4 is 5.32 Å². The van der Waals surface area contributed by atoms with Gasteiger partial charge in [0.1, 0.15) is 10.9 Å². The van der Waals surface area contributed by atoms with Crippen LogP contribution in [0.1, 0.15) is 50.0 Å². The Labute approximate surface area is 204 Å². The molecule has 0 saturated heterocycles. The first-order valence-corrected chi connectivity index (χ1v) is 12.6. The van der Waals surface area contributed by atoms with Gasteiger partial charge in [0.2, 0.25) is 11.8 Å². The van der Waals surface area contributed by atoms with Crippen LogP contribution >= 0.6 is 11.6 Å². The van der Waals surface area contributed by atoms with Crippen LogP contribution in [0.4, 0.5) is 0 Å². The van der Waals surface area contributed by atoms with E-state index in [0.29, 0.717) is 14.9 Å². The van der Waals surface area contributed by atoms with Crippen molar-refractivity contribution in [1.29, 1.82) is 0 Å². The number of amides is 3. The molecule has 3 rings (SSSR count). The van der Waals surface area contributed by atoms with Crippen LogP contribution in [0.25, 0.3) is 0 Å². The van der Waals surface area contributed by atoms with E-state index in [1.807, 2.05) is 20.8 Å². The average molecular weight is 506 g/mol. The second kappa shape index (κ2) is 9.76. The zero-order chi connectivity index (χ0) is 25.3. The number of hydrogen-bond donors (Lipinski definition) is 1. The van der Waals surface area contributed by atoms with Crippen molar-refractivity contribution in [2.75, 3.05) is 6.54 Å². The van der Waals surface area contributed by atoms with E-state index in [-0.39, 0.29) is 35.9 Å². The number of nitrogens with zero attached hydrogens (tertiary/aromatic N) is 2. The summed E-state index contributed by atoms with van der Waals surface area (Å²) in [7, 11) is -4.03. The van der Waals surface area contributed by atoms with Gasteiger partial charge in [0.05, 0.1) is 5.56 Å². The maximum atomic E-state index is 13.3. The maximum absolute atomic E-state index is 13.3. The van der Waals surface area contributed by atoms with Gasteiger partial charge in [-0.05, 0) is 57.5 Å². The topological polar surface area (TPSA) is 104 Å². The van der Waals surface area contributed by atoms with Crippen molar-refractivity contribution in [2.24, 2.45) is 0 Å². The second-order valence-corrected chi connectivity index (χ2v) is 11.5. The highest BCUT2D eigenvalue weighted by atomic mass is 35.5. The molecule has 8 nitrogen and oxygen atoms in total. The molecule has 0 aliphatic carbocycles. The molecule has 1 aliphatic rings. The molecule has 2 aromatic carbocycles. The molecule has 0 spiro atoms. The highest BCUT2D eigenvalue weighted by molar-refractivity contribution is 7.90. The number of carbonyl (C=O) groups is 3. The van der Waals surface area contributed by atoms with Gasteiger partial charge >= 0.3 is 0 Å². The second-order valence-electron chi connectivity index (χ2n) is 9.20. The lowest BCUT2D eigenvalue weighted by atomic mass is 10.1. The summed E-state index contributed by atoms with van der Waals surface area (Å²) >= 11 is 6.08. The molecule has 1 heterocycles. The average Bonchev–Trinajstić information content (AvgIpc) is 2.94. The van der Waals surface area contributed by atoms with Crippen LogP contribution in [0.3, 0.4) is 0 Å². The Morgan fingerprint density at radius 1 is 1.12 bits per heavy atom. The third kappa shape index (κ3) is 5.59. The zero-order valence-corrected chi connectivity index (χ0v) is 21.1. The minimum Gasteiger partial charge on any atom is -0.350 e. The first-order chi connectivity index (χ1) is 15.8. The third-order valence-corrected chi connectivity index (χ3v) is 7.42. The summed E-state index contributed by atoms with van der Waals surface area (Å²) in [5, 5.41) is 3.35. The smallest absolute Gasteiger partial charge is 0.269 e. The molecule has 0 aromatic heterocycles. The summed E-state index contributed by atoms with van der Waals surface area (Å²) < 4.78 is 26.3. The van der Waals surface area contributed by atoms with E-state index in [9.17, 15) is 22.8 Å². The predicted octanol–water partition coefficient (Wildman–Crippen LogP) is 3.21. The summed E-state index contributed by atoms with van der Waals surface area (Å²) in [6.45, 7) is 6.89. The Morgan fingerprint density at radius 3 is 2.41 bits per heavy atom. The van der Waals surface area contributed by atoms with Crippen LogP contribution in [0.15, 0.2) is 53.4 Å². The molecule has 0 saturated carbocycles. The number of nitrogens with one attached hydrogen (secondary N) is 1. The molecule has 3 amide bonds. The summed E-state index contributed by atoms with van der Waals surface area (Å²) in [4.78, 5) is 40.1. The van der Waals surface area contributed by atoms with Gasteiger partial charge < -0.3 is 10.2 Å². The van der Waals surface area contributed by atoms with Gasteiger partial charge in [0.15, 0.2) is 0 Å². The fraction of sp³-hybridized carbons (Fsp3) is 0.375. The van der Waals surface area contributed by atoms with Crippen LogP contribution in [-0.2, 0) is 26.2 Å². The Kier molecular flexibility index (Phi) is 7.38. The Morgan fingerprint density at radius 2 is 1.79 bits per heavy atom. The van der Waals surface area contributed by atoms with Gasteiger partial charge in [-0.15, -0.1) is 0 Å². The first kappa shape index (κ1) is 25.7. The summed E-state index contributed by atoms with van der Waals surface area (Å²) in [5.74, 6) is -1.47. The van der Waals surface area contributed by atoms with Crippen LogP contribution in [0.2, 0.25) is 5.02 Å². The molecule has 0 bridgehead atoms. The molecule has 34 heavy (non-hydrogen) atoms. The van der Waals surface area contributed by atoms with Crippen molar-refractivity contribution in [2.45, 2.75) is 57.1 Å². The van der Waals surface area contributed by atoms with E-state index in [1.54, 1.807) is 43.3 Å². The molecular formula is C24H28ClN3O5S. The number of benzene rings is 2. The van der Waals surface area contributed by atoms with Gasteiger partial charge in [0.25, 0.3) is 15.9 Å². The highest BCUT2D eigenvalue weighted by Gasteiger charge is 2.41. The van der Waals surface area contributed by atoms with E-state index >= 15 is 0 Å². The molecule has 10 heteroatoms. The lowest BCUT2D eigenvalue weighted by Gasteiger charge is -2.32. The van der Waals surface area contributed by atoms with E-state index in [0.717, 1.165) is 0 Å². The van der Waals surface area contributed by atoms with Gasteiger partial charge in [-0.2, -0.15) is 0 Å². The predicted molar refractivity (Wildman–Crippen MR) is 129 cm³/mol. The summed E-state index contributed by atoms with van der Waals surface area (Å²) in [6, 6.07) is 12.0. The lowest BCUT2D eigenvalue weighted by molar-refractivity contribution is -0.141. The Hall–Kier alpha value is -2.91. The van der Waals surface area contributed by atoms with Gasteiger partial charge in [0, 0.05) is 30.1 Å². The van der Waals surface area contributed by atoms with Gasteiger partial charge in [-0.1, -0.05) is 35.9 Å². The molecule has 1 aliphatic heterocycles. The molecule has 0 unspecified atom stereocenters. The number of rotatable bonds is 7. The summed E-state index contributed by atoms with van der Waals surface area (Å²) in [6.07, 6.45) is -0.271. The van der Waals surface area contributed by atoms with Gasteiger partial charge in [-0.25, -0.2) is 12.7 Å². The van der Waals surface area contributed by atoms with E-state index < -0.39 is 33.4 Å². The van der Waals surface area contributed by atoms with Crippen molar-refractivity contribution in [3.8, 4) is 0 Å². The van der Waals surface area contributed by atoms with E-state index in [2.05, 4.69) is 5.32 Å². The number of carbonyl (C=O) groups excluding carboxylic acids is 3. The largest absolute Gasteiger partial charge is 0.350 e. The standard InChI is InChI=1S/C24H28ClN3O5S/c1-16(22(30)26-24(2,3)4)27(15-17-8-7-9-18(25)14-17)21(29)12-13-28-23(31)19-10-5-6-11-20(19)34(28,32)33/h5-11,14,16H,12-13,15H2,1-4H3,(H,26,30)/t16-/m1/s1. The van der Waals surface area contributed by atoms with Crippen molar-refractivity contribution >= 4 is 39.3 Å². The maximum Gasteiger partial charge on any atom is 0.269 e. The Bertz CT molecular complexity index is 1220. The van der Waals surface area contributed by atoms with Crippen LogP contribution in [0.5, 0.6) is 0 Å². The third-order valence-electron chi connectivity index (χ3n) is 5.35. The van der Waals surface area contributed by atoms with Crippen molar-refractivity contribution in [1.82, 2.24) is 14.5 Å². The molecule has 182 valence electrons. The van der Waals surface area contributed by atoms with E-state index in [1.165, 1.54) is 17.0 Å². The van der Waals surface area contributed by atoms with Crippen LogP contribution in [0, 0.1) is 0 Å². The lowest BCUT2D eigenvalue weighted by Crippen LogP contribution is -2.52. The Balaban J connectivity index is 1.81. The fourth-order valence-corrected chi connectivity index (χ4v) is 5.46. The highest BCUT2D eigenvalue weighted by Crippen LogP contribution is 2.30. The van der Waals surface area contributed by atoms with E-state index in [4.69, 9.17) is 11.6 Å². The minimum absolute atomic E-state index is 0.0684. The molecule has 0 radical (unpaired) electrons. The molecule has 0 fully saturated rings. The molecular weight excluding hydrogens is 478 g/mol. The van der Waals surface area contributed by atoms with Crippen molar-refractivity contribution < 1.29 is 22.8 Å². The van der Waals surface area contributed by atoms with Crippen LogP contribution in [-0.4, -0.2) is 53.5 Å².